The van der Waals surface area contributed by atoms with Crippen LogP contribution in [0.1, 0.15) is 25.3 Å². The van der Waals surface area contributed by atoms with Crippen LogP contribution < -0.4 is 5.73 Å². The Kier molecular flexibility index (Phi) is 4.05. The van der Waals surface area contributed by atoms with Crippen molar-refractivity contribution in [2.45, 2.75) is 25.4 Å². The Labute approximate surface area is 110 Å². The van der Waals surface area contributed by atoms with Crippen LogP contribution in [-0.4, -0.2) is 41.8 Å². The van der Waals surface area contributed by atoms with Crippen molar-refractivity contribution in [1.29, 1.82) is 0 Å². The molecular formula is C15H24N2O. The summed E-state index contributed by atoms with van der Waals surface area (Å²) < 4.78 is 0. The van der Waals surface area contributed by atoms with Gasteiger partial charge >= 0.3 is 0 Å². The topological polar surface area (TPSA) is 49.5 Å². The number of rotatable bonds is 4. The number of nitrogens with zero attached hydrogens (tertiary/aromatic N) is 1. The van der Waals surface area contributed by atoms with Crippen molar-refractivity contribution in [3.8, 4) is 0 Å². The lowest BCUT2D eigenvalue weighted by molar-refractivity contribution is 0.0426. The lowest BCUT2D eigenvalue weighted by Crippen LogP contribution is -2.37. The molecule has 2 rings (SSSR count). The van der Waals surface area contributed by atoms with E-state index in [1.807, 2.05) is 19.9 Å². The molecule has 1 saturated heterocycles. The zero-order chi connectivity index (χ0) is 13.2. The second kappa shape index (κ2) is 5.39. The number of hydrogen-bond acceptors (Lipinski definition) is 3. The van der Waals surface area contributed by atoms with Crippen molar-refractivity contribution < 1.29 is 5.11 Å². The monoisotopic (exact) mass is 248 g/mol. The molecule has 0 spiro atoms. The molecule has 0 amide bonds. The van der Waals surface area contributed by atoms with Crippen LogP contribution in [0, 0.1) is 5.92 Å². The van der Waals surface area contributed by atoms with Gasteiger partial charge in [0.1, 0.15) is 0 Å². The SMILES string of the molecule is CC(C)(O)CN1C[C@@H](CN)[C@H](c2ccccc2)C1. The molecule has 1 aromatic carbocycles. The van der Waals surface area contributed by atoms with Crippen LogP contribution in [-0.2, 0) is 0 Å². The van der Waals surface area contributed by atoms with Crippen LogP contribution in [0.2, 0.25) is 0 Å². The highest BCUT2D eigenvalue weighted by molar-refractivity contribution is 5.22. The fourth-order valence-electron chi connectivity index (χ4n) is 2.95. The zero-order valence-electron chi connectivity index (χ0n) is 11.3. The molecule has 18 heavy (non-hydrogen) atoms. The summed E-state index contributed by atoms with van der Waals surface area (Å²) in [7, 11) is 0. The zero-order valence-corrected chi connectivity index (χ0v) is 11.3. The highest BCUT2D eigenvalue weighted by atomic mass is 16.3. The van der Waals surface area contributed by atoms with Gasteiger partial charge in [-0.2, -0.15) is 0 Å². The number of likely N-dealkylation sites (tertiary alicyclic amines) is 1. The van der Waals surface area contributed by atoms with E-state index in [1.165, 1.54) is 5.56 Å². The van der Waals surface area contributed by atoms with Crippen molar-refractivity contribution >= 4 is 0 Å². The van der Waals surface area contributed by atoms with Gasteiger partial charge in [0.15, 0.2) is 0 Å². The van der Waals surface area contributed by atoms with Crippen molar-refractivity contribution in [3.05, 3.63) is 35.9 Å². The van der Waals surface area contributed by atoms with Gasteiger partial charge in [-0.3, -0.25) is 4.90 Å². The molecule has 2 atom stereocenters. The van der Waals surface area contributed by atoms with E-state index in [0.29, 0.717) is 24.9 Å². The minimum Gasteiger partial charge on any atom is -0.389 e. The highest BCUT2D eigenvalue weighted by Gasteiger charge is 2.34. The first-order valence-corrected chi connectivity index (χ1v) is 6.69. The van der Waals surface area contributed by atoms with Crippen LogP contribution >= 0.6 is 0 Å². The van der Waals surface area contributed by atoms with Crippen molar-refractivity contribution in [1.82, 2.24) is 4.90 Å². The summed E-state index contributed by atoms with van der Waals surface area (Å²) in [5.74, 6) is 0.994. The number of benzene rings is 1. The van der Waals surface area contributed by atoms with Gasteiger partial charge in [-0.1, -0.05) is 30.3 Å². The smallest absolute Gasteiger partial charge is 0.0718 e. The van der Waals surface area contributed by atoms with E-state index >= 15 is 0 Å². The summed E-state index contributed by atoms with van der Waals surface area (Å²) >= 11 is 0. The summed E-state index contributed by atoms with van der Waals surface area (Å²) in [6.45, 7) is 7.13. The molecule has 100 valence electrons. The van der Waals surface area contributed by atoms with E-state index in [0.717, 1.165) is 13.1 Å². The first-order valence-electron chi connectivity index (χ1n) is 6.69. The quantitative estimate of drug-likeness (QED) is 0.847. The fraction of sp³-hybridized carbons (Fsp3) is 0.600. The second-order valence-corrected chi connectivity index (χ2v) is 6.02. The average molecular weight is 248 g/mol. The molecule has 1 aliphatic heterocycles. The molecule has 0 unspecified atom stereocenters. The van der Waals surface area contributed by atoms with E-state index in [2.05, 4.69) is 29.2 Å². The van der Waals surface area contributed by atoms with Crippen LogP contribution in [0.5, 0.6) is 0 Å². The molecule has 1 aliphatic rings. The summed E-state index contributed by atoms with van der Waals surface area (Å²) in [6, 6.07) is 10.6. The Morgan fingerprint density at radius 3 is 2.50 bits per heavy atom. The average Bonchev–Trinajstić information content (AvgIpc) is 2.71. The second-order valence-electron chi connectivity index (χ2n) is 6.02. The maximum atomic E-state index is 9.92. The van der Waals surface area contributed by atoms with Gasteiger partial charge < -0.3 is 10.8 Å². The van der Waals surface area contributed by atoms with Gasteiger partial charge in [0.25, 0.3) is 0 Å². The van der Waals surface area contributed by atoms with Crippen LogP contribution in [0.15, 0.2) is 30.3 Å². The Morgan fingerprint density at radius 2 is 1.94 bits per heavy atom. The largest absolute Gasteiger partial charge is 0.389 e. The highest BCUT2D eigenvalue weighted by Crippen LogP contribution is 2.32. The van der Waals surface area contributed by atoms with Gasteiger partial charge in [0.2, 0.25) is 0 Å². The third kappa shape index (κ3) is 3.31. The first-order chi connectivity index (χ1) is 8.49. The number of aliphatic hydroxyl groups is 1. The lowest BCUT2D eigenvalue weighted by Gasteiger charge is -2.25. The van der Waals surface area contributed by atoms with Crippen LogP contribution in [0.4, 0.5) is 0 Å². The summed E-state index contributed by atoms with van der Waals surface area (Å²) in [6.07, 6.45) is 0. The minimum absolute atomic E-state index is 0.495. The molecule has 0 aromatic heterocycles. The van der Waals surface area contributed by atoms with E-state index in [-0.39, 0.29) is 0 Å². The molecule has 0 saturated carbocycles. The van der Waals surface area contributed by atoms with Gasteiger partial charge in [0.05, 0.1) is 5.60 Å². The predicted octanol–water partition coefficient (Wildman–Crippen LogP) is 1.43. The van der Waals surface area contributed by atoms with Crippen LogP contribution in [0.3, 0.4) is 0 Å². The van der Waals surface area contributed by atoms with E-state index in [1.54, 1.807) is 0 Å². The Morgan fingerprint density at radius 1 is 1.28 bits per heavy atom. The maximum absolute atomic E-state index is 9.92. The Hall–Kier alpha value is -0.900. The van der Waals surface area contributed by atoms with Crippen molar-refractivity contribution in [2.24, 2.45) is 11.7 Å². The van der Waals surface area contributed by atoms with Gasteiger partial charge in [-0.15, -0.1) is 0 Å². The minimum atomic E-state index is -0.634. The predicted molar refractivity (Wildman–Crippen MR) is 74.5 cm³/mol. The van der Waals surface area contributed by atoms with Gasteiger partial charge in [0, 0.05) is 25.6 Å². The summed E-state index contributed by atoms with van der Waals surface area (Å²) in [4.78, 5) is 2.33. The molecular weight excluding hydrogens is 224 g/mol. The van der Waals surface area contributed by atoms with Crippen LogP contribution in [0.25, 0.3) is 0 Å². The molecule has 0 bridgehead atoms. The number of β-amino-alcohol motifs (C(OH)–C–C–N with tert-alkyl or cyclic N) is 1. The van der Waals surface area contributed by atoms with E-state index in [9.17, 15) is 5.11 Å². The molecule has 1 fully saturated rings. The standard InChI is InChI=1S/C15H24N2O/c1-15(2,18)11-17-9-13(8-16)14(10-17)12-6-4-3-5-7-12/h3-7,13-14,18H,8-11,16H2,1-2H3/t13-,14+/m1/s1. The maximum Gasteiger partial charge on any atom is 0.0718 e. The fourth-order valence-corrected chi connectivity index (χ4v) is 2.95. The Balaban J connectivity index is 2.08. The first kappa shape index (κ1) is 13.5. The van der Waals surface area contributed by atoms with E-state index in [4.69, 9.17) is 5.73 Å². The number of nitrogens with two attached hydrogens (primary N) is 1. The van der Waals surface area contributed by atoms with E-state index < -0.39 is 5.60 Å². The third-order valence-electron chi connectivity index (χ3n) is 3.66. The summed E-state index contributed by atoms with van der Waals surface area (Å²) in [5.41, 5.74) is 6.63. The Bertz CT molecular complexity index is 372. The lowest BCUT2D eigenvalue weighted by atomic mass is 9.89. The normalized spacial score (nSPS) is 25.6. The summed E-state index contributed by atoms with van der Waals surface area (Å²) in [5, 5.41) is 9.92. The van der Waals surface area contributed by atoms with Crippen molar-refractivity contribution in [2.75, 3.05) is 26.2 Å². The molecule has 3 heteroatoms. The molecule has 0 radical (unpaired) electrons. The molecule has 3 N–H and O–H groups in total. The van der Waals surface area contributed by atoms with Gasteiger partial charge in [-0.05, 0) is 31.9 Å². The molecule has 1 aromatic rings. The number of hydrogen-bond donors (Lipinski definition) is 2. The van der Waals surface area contributed by atoms with Crippen molar-refractivity contribution in [3.63, 3.8) is 0 Å². The third-order valence-corrected chi connectivity index (χ3v) is 3.66. The van der Waals surface area contributed by atoms with Gasteiger partial charge in [-0.25, -0.2) is 0 Å². The molecule has 1 heterocycles. The molecule has 0 aliphatic carbocycles. The molecule has 3 nitrogen and oxygen atoms in total.